The van der Waals surface area contributed by atoms with E-state index < -0.39 is 0 Å². The predicted octanol–water partition coefficient (Wildman–Crippen LogP) is 2.42. The molecule has 0 saturated carbocycles. The molecule has 0 aliphatic carbocycles. The highest BCUT2D eigenvalue weighted by Crippen LogP contribution is 2.31. The summed E-state index contributed by atoms with van der Waals surface area (Å²) in [6.07, 6.45) is 2.54. The Labute approximate surface area is 108 Å². The van der Waals surface area contributed by atoms with Crippen molar-refractivity contribution in [2.75, 3.05) is 12.4 Å². The Morgan fingerprint density at radius 1 is 1.50 bits per heavy atom. The van der Waals surface area contributed by atoms with Crippen molar-refractivity contribution in [1.29, 1.82) is 0 Å². The largest absolute Gasteiger partial charge is 0.494 e. The fraction of sp³-hybridized carbons (Fsp3) is 0.0833. The molecular formula is C12H10ClN3O2. The van der Waals surface area contributed by atoms with E-state index in [4.69, 9.17) is 16.3 Å². The van der Waals surface area contributed by atoms with Crippen LogP contribution < -0.4 is 10.1 Å². The van der Waals surface area contributed by atoms with Crippen LogP contribution in [0.3, 0.4) is 0 Å². The Hall–Kier alpha value is -2.14. The van der Waals surface area contributed by atoms with Crippen molar-refractivity contribution in [2.24, 2.45) is 0 Å². The Morgan fingerprint density at radius 3 is 2.94 bits per heavy atom. The minimum atomic E-state index is -0.333. The number of hydrogen-bond acceptors (Lipinski definition) is 4. The first-order valence-corrected chi connectivity index (χ1v) is 5.45. The zero-order valence-electron chi connectivity index (χ0n) is 9.61. The van der Waals surface area contributed by atoms with Gasteiger partial charge < -0.3 is 10.1 Å². The number of aromatic nitrogens is 2. The van der Waals surface area contributed by atoms with E-state index in [0.717, 1.165) is 0 Å². The first kappa shape index (κ1) is 12.3. The quantitative estimate of drug-likeness (QED) is 0.682. The molecule has 5 nitrogen and oxygen atoms in total. The van der Waals surface area contributed by atoms with Gasteiger partial charge in [-0.05, 0) is 12.1 Å². The molecule has 92 valence electrons. The normalized spacial score (nSPS) is 10.1. The van der Waals surface area contributed by atoms with Gasteiger partial charge in [0.2, 0.25) is 5.91 Å². The smallest absolute Gasteiger partial charge is 0.247 e. The van der Waals surface area contributed by atoms with Gasteiger partial charge >= 0.3 is 0 Å². The topological polar surface area (TPSA) is 64.1 Å². The van der Waals surface area contributed by atoms with Crippen molar-refractivity contribution in [2.45, 2.75) is 0 Å². The second-order valence-corrected chi connectivity index (χ2v) is 3.79. The Bertz CT molecular complexity index is 628. The Balaban J connectivity index is 2.60. The van der Waals surface area contributed by atoms with E-state index in [9.17, 15) is 4.79 Å². The molecule has 2 aromatic rings. The lowest BCUT2D eigenvalue weighted by molar-refractivity contribution is -0.111. The van der Waals surface area contributed by atoms with Gasteiger partial charge in [-0.15, -0.1) is 0 Å². The number of nitrogens with zero attached hydrogens (tertiary/aromatic N) is 2. The van der Waals surface area contributed by atoms with E-state index in [2.05, 4.69) is 21.9 Å². The van der Waals surface area contributed by atoms with Crippen LogP contribution in [0.5, 0.6) is 5.75 Å². The van der Waals surface area contributed by atoms with Gasteiger partial charge in [0, 0.05) is 11.5 Å². The van der Waals surface area contributed by atoms with E-state index in [0.29, 0.717) is 27.5 Å². The first-order valence-electron chi connectivity index (χ1n) is 5.07. The van der Waals surface area contributed by atoms with Crippen molar-refractivity contribution in [3.63, 3.8) is 0 Å². The number of rotatable bonds is 3. The third-order valence-electron chi connectivity index (χ3n) is 2.35. The van der Waals surface area contributed by atoms with Crippen LogP contribution in [0.2, 0.25) is 5.15 Å². The van der Waals surface area contributed by atoms with Gasteiger partial charge in [-0.25, -0.2) is 9.97 Å². The maximum absolute atomic E-state index is 11.3. The van der Waals surface area contributed by atoms with Crippen molar-refractivity contribution >= 4 is 34.1 Å². The summed E-state index contributed by atoms with van der Waals surface area (Å²) in [5.74, 6) is 0.160. The van der Waals surface area contributed by atoms with Gasteiger partial charge in [-0.2, -0.15) is 0 Å². The highest BCUT2D eigenvalue weighted by Gasteiger charge is 2.10. The van der Waals surface area contributed by atoms with Gasteiger partial charge in [0.25, 0.3) is 0 Å². The second-order valence-electron chi connectivity index (χ2n) is 3.43. The number of carbonyl (C=O) groups is 1. The second kappa shape index (κ2) is 5.01. The molecule has 0 aliphatic heterocycles. The molecule has 1 aromatic carbocycles. The summed E-state index contributed by atoms with van der Waals surface area (Å²) in [6.45, 7) is 3.39. The molecule has 2 rings (SSSR count). The number of nitrogens with one attached hydrogen (secondary N) is 1. The van der Waals surface area contributed by atoms with Crippen LogP contribution in [0.15, 0.2) is 31.1 Å². The molecule has 0 fully saturated rings. The summed E-state index contributed by atoms with van der Waals surface area (Å²) in [7, 11) is 1.51. The average Bonchev–Trinajstić information content (AvgIpc) is 2.39. The fourth-order valence-electron chi connectivity index (χ4n) is 1.50. The average molecular weight is 264 g/mol. The minimum absolute atomic E-state index is 0.316. The molecule has 0 saturated heterocycles. The molecule has 18 heavy (non-hydrogen) atoms. The molecule has 6 heteroatoms. The lowest BCUT2D eigenvalue weighted by Crippen LogP contribution is -2.08. The van der Waals surface area contributed by atoms with Crippen LogP contribution in [-0.2, 0) is 4.79 Å². The molecular weight excluding hydrogens is 254 g/mol. The van der Waals surface area contributed by atoms with E-state index >= 15 is 0 Å². The minimum Gasteiger partial charge on any atom is -0.494 e. The number of fused-ring (bicyclic) bond motifs is 1. The molecule has 1 heterocycles. The monoisotopic (exact) mass is 263 g/mol. The molecule has 1 N–H and O–H groups in total. The van der Waals surface area contributed by atoms with Crippen LogP contribution in [0.1, 0.15) is 0 Å². The van der Waals surface area contributed by atoms with Crippen molar-refractivity contribution in [1.82, 2.24) is 9.97 Å². The number of carbonyl (C=O) groups excluding carboxylic acids is 1. The van der Waals surface area contributed by atoms with Gasteiger partial charge in [0.1, 0.15) is 17.2 Å². The van der Waals surface area contributed by atoms with E-state index in [-0.39, 0.29) is 5.91 Å². The molecule has 0 spiro atoms. The van der Waals surface area contributed by atoms with Gasteiger partial charge in [0.05, 0.1) is 18.3 Å². The molecule has 0 atom stereocenters. The number of halogens is 1. The summed E-state index contributed by atoms with van der Waals surface area (Å²) < 4.78 is 5.19. The fourth-order valence-corrected chi connectivity index (χ4v) is 1.70. The third kappa shape index (κ3) is 2.26. The number of amides is 1. The lowest BCUT2D eigenvalue weighted by atomic mass is 10.2. The van der Waals surface area contributed by atoms with Crippen molar-refractivity contribution < 1.29 is 9.53 Å². The van der Waals surface area contributed by atoms with Gasteiger partial charge in [0.15, 0.2) is 0 Å². The van der Waals surface area contributed by atoms with Crippen molar-refractivity contribution in [3.05, 3.63) is 36.3 Å². The molecule has 0 bridgehead atoms. The highest BCUT2D eigenvalue weighted by atomic mass is 35.5. The van der Waals surface area contributed by atoms with Gasteiger partial charge in [-0.3, -0.25) is 4.79 Å². The first-order chi connectivity index (χ1) is 8.65. The molecule has 1 aromatic heterocycles. The maximum atomic E-state index is 11.3. The third-order valence-corrected chi connectivity index (χ3v) is 2.65. The summed E-state index contributed by atoms with van der Waals surface area (Å²) in [5.41, 5.74) is 1.13. The van der Waals surface area contributed by atoms with Gasteiger partial charge in [-0.1, -0.05) is 18.2 Å². The standard InChI is InChI=1S/C12H10ClN3O2/c1-3-11(17)16-9-4-7-8(5-10(9)18-2)14-6-15-12(7)13/h3-6H,1H2,2H3,(H,16,17). The SMILES string of the molecule is C=CC(=O)Nc1cc2c(Cl)ncnc2cc1OC. The van der Waals surface area contributed by atoms with Crippen LogP contribution >= 0.6 is 11.6 Å². The van der Waals surface area contributed by atoms with E-state index in [1.807, 2.05) is 0 Å². The highest BCUT2D eigenvalue weighted by molar-refractivity contribution is 6.34. The van der Waals surface area contributed by atoms with Crippen molar-refractivity contribution in [3.8, 4) is 5.75 Å². The molecule has 1 amide bonds. The summed E-state index contributed by atoms with van der Waals surface area (Å²) >= 11 is 5.97. The number of anilines is 1. The number of methoxy groups -OCH3 is 1. The molecule has 0 unspecified atom stereocenters. The maximum Gasteiger partial charge on any atom is 0.247 e. The summed E-state index contributed by atoms with van der Waals surface area (Å²) in [6, 6.07) is 3.35. The number of ether oxygens (including phenoxy) is 1. The Morgan fingerprint density at radius 2 is 2.28 bits per heavy atom. The Kier molecular flexibility index (Phi) is 3.43. The summed E-state index contributed by atoms with van der Waals surface area (Å²) in [4.78, 5) is 19.3. The van der Waals surface area contributed by atoms with Crippen LogP contribution in [0, 0.1) is 0 Å². The molecule has 0 radical (unpaired) electrons. The lowest BCUT2D eigenvalue weighted by Gasteiger charge is -2.10. The van der Waals surface area contributed by atoms with Crippen LogP contribution in [0.4, 0.5) is 5.69 Å². The zero-order valence-corrected chi connectivity index (χ0v) is 10.4. The van der Waals surface area contributed by atoms with Crippen LogP contribution in [-0.4, -0.2) is 23.0 Å². The number of hydrogen-bond donors (Lipinski definition) is 1. The summed E-state index contributed by atoms with van der Waals surface area (Å²) in [5, 5.41) is 3.59. The molecule has 0 aliphatic rings. The van der Waals surface area contributed by atoms with Crippen LogP contribution in [0.25, 0.3) is 10.9 Å². The zero-order chi connectivity index (χ0) is 13.1. The number of benzene rings is 1. The predicted molar refractivity (Wildman–Crippen MR) is 69.9 cm³/mol. The van der Waals surface area contributed by atoms with E-state index in [1.165, 1.54) is 19.5 Å². The van der Waals surface area contributed by atoms with E-state index in [1.54, 1.807) is 12.1 Å².